The van der Waals surface area contributed by atoms with E-state index in [1.54, 1.807) is 16.7 Å². The summed E-state index contributed by atoms with van der Waals surface area (Å²) < 4.78 is 0. The largest absolute Gasteiger partial charge is 0.351 e. The lowest BCUT2D eigenvalue weighted by molar-refractivity contribution is -0.132. The molecule has 2 aromatic heterocycles. The summed E-state index contributed by atoms with van der Waals surface area (Å²) in [6, 6.07) is 12.3. The zero-order chi connectivity index (χ0) is 19.3. The van der Waals surface area contributed by atoms with E-state index < -0.39 is 0 Å². The molecule has 0 bridgehead atoms. The van der Waals surface area contributed by atoms with Crippen molar-refractivity contribution in [3.63, 3.8) is 0 Å². The van der Waals surface area contributed by atoms with Gasteiger partial charge >= 0.3 is 0 Å². The number of benzene rings is 1. The summed E-state index contributed by atoms with van der Waals surface area (Å²) in [4.78, 5) is 32.1. The maximum Gasteiger partial charge on any atom is 0.270 e. The molecule has 3 heterocycles. The fourth-order valence-electron chi connectivity index (χ4n) is 3.29. The number of nitrogens with zero attached hydrogens (tertiary/aromatic N) is 2. The van der Waals surface area contributed by atoms with Gasteiger partial charge in [0.2, 0.25) is 5.91 Å². The zero-order valence-electron chi connectivity index (χ0n) is 15.4. The third-order valence-corrected chi connectivity index (χ3v) is 6.69. The molecule has 1 aliphatic rings. The Balaban J connectivity index is 1.21. The van der Waals surface area contributed by atoms with Gasteiger partial charge in [0.15, 0.2) is 0 Å². The number of nitrogens with one attached hydrogen (secondary N) is 1. The van der Waals surface area contributed by atoms with Gasteiger partial charge in [0.25, 0.3) is 5.91 Å². The monoisotopic (exact) mass is 411 g/mol. The van der Waals surface area contributed by atoms with Crippen molar-refractivity contribution in [1.82, 2.24) is 15.2 Å². The Hall–Kier alpha value is -2.51. The third kappa shape index (κ3) is 4.31. The maximum absolute atomic E-state index is 12.5. The van der Waals surface area contributed by atoms with Gasteiger partial charge in [-0.15, -0.1) is 22.7 Å². The van der Waals surface area contributed by atoms with Gasteiger partial charge in [0.05, 0.1) is 4.88 Å². The number of carbonyl (C=O) groups is 2. The molecule has 5 nitrogen and oxygen atoms in total. The van der Waals surface area contributed by atoms with E-state index >= 15 is 0 Å². The summed E-state index contributed by atoms with van der Waals surface area (Å²) in [5.41, 5.74) is 3.01. The van der Waals surface area contributed by atoms with Crippen molar-refractivity contribution < 1.29 is 9.59 Å². The van der Waals surface area contributed by atoms with E-state index in [2.05, 4.69) is 22.4 Å². The summed E-state index contributed by atoms with van der Waals surface area (Å²) in [5, 5.41) is 7.50. The summed E-state index contributed by atoms with van der Waals surface area (Å²) in [6.45, 7) is 1.93. The average molecular weight is 412 g/mol. The minimum absolute atomic E-state index is 0.150. The molecular weight excluding hydrogens is 390 g/mol. The minimum Gasteiger partial charge on any atom is -0.351 e. The van der Waals surface area contributed by atoms with Crippen LogP contribution in [0.4, 0.5) is 0 Å². The molecule has 3 aromatic rings. The van der Waals surface area contributed by atoms with Gasteiger partial charge in [0.1, 0.15) is 10.7 Å². The van der Waals surface area contributed by atoms with E-state index in [9.17, 15) is 9.59 Å². The number of hydrogen-bond donors (Lipinski definition) is 1. The van der Waals surface area contributed by atoms with E-state index in [0.29, 0.717) is 31.6 Å². The number of rotatable bonds is 6. The smallest absolute Gasteiger partial charge is 0.270 e. The highest BCUT2D eigenvalue weighted by molar-refractivity contribution is 7.20. The van der Waals surface area contributed by atoms with E-state index in [4.69, 9.17) is 0 Å². The highest BCUT2D eigenvalue weighted by Crippen LogP contribution is 2.27. The molecule has 0 unspecified atom stereocenters. The first-order chi connectivity index (χ1) is 13.7. The number of amides is 2. The summed E-state index contributed by atoms with van der Waals surface area (Å²) >= 11 is 3.08. The Kier molecular flexibility index (Phi) is 5.83. The lowest BCUT2D eigenvalue weighted by Gasteiger charge is -2.29. The van der Waals surface area contributed by atoms with Crippen LogP contribution in [0.25, 0.3) is 9.88 Å². The van der Waals surface area contributed by atoms with Crippen molar-refractivity contribution in [3.05, 3.63) is 64.0 Å². The molecule has 1 aliphatic heterocycles. The van der Waals surface area contributed by atoms with E-state index in [0.717, 1.165) is 22.9 Å². The highest BCUT2D eigenvalue weighted by atomic mass is 32.1. The van der Waals surface area contributed by atoms with Crippen LogP contribution in [0.1, 0.15) is 34.5 Å². The first-order valence-electron chi connectivity index (χ1n) is 9.33. The molecular formula is C21H21N3O2S2. The van der Waals surface area contributed by atoms with Gasteiger partial charge in [-0.3, -0.25) is 9.59 Å². The van der Waals surface area contributed by atoms with Gasteiger partial charge < -0.3 is 10.2 Å². The first kappa shape index (κ1) is 18.8. The Morgan fingerprint density at radius 3 is 2.79 bits per heavy atom. The minimum atomic E-state index is -0.182. The fraction of sp³-hybridized carbons (Fsp3) is 0.286. The van der Waals surface area contributed by atoms with Crippen LogP contribution >= 0.6 is 22.7 Å². The van der Waals surface area contributed by atoms with Crippen molar-refractivity contribution in [3.8, 4) is 9.88 Å². The van der Waals surface area contributed by atoms with Crippen LogP contribution in [0.5, 0.6) is 0 Å². The molecule has 28 heavy (non-hydrogen) atoms. The molecule has 0 saturated heterocycles. The molecule has 1 N–H and O–H groups in total. The quantitative estimate of drug-likeness (QED) is 0.625. The predicted molar refractivity (Wildman–Crippen MR) is 113 cm³/mol. The van der Waals surface area contributed by atoms with Gasteiger partial charge in [0, 0.05) is 31.4 Å². The molecule has 2 amide bonds. The second-order valence-electron chi connectivity index (χ2n) is 6.71. The molecule has 4 rings (SSSR count). The van der Waals surface area contributed by atoms with E-state index in [-0.39, 0.29) is 11.8 Å². The first-order valence-corrected chi connectivity index (χ1v) is 11.1. The van der Waals surface area contributed by atoms with Crippen molar-refractivity contribution >= 4 is 34.5 Å². The SMILES string of the molecule is O=C(NCCCC(=O)N1CCc2ccccc2C1)c1csc(-c2cccs2)n1. The maximum atomic E-state index is 12.5. The normalized spacial score (nSPS) is 13.2. The average Bonchev–Trinajstić information content (AvgIpc) is 3.42. The molecule has 0 spiro atoms. The molecule has 144 valence electrons. The number of fused-ring (bicyclic) bond motifs is 1. The number of carbonyl (C=O) groups excluding carboxylic acids is 2. The van der Waals surface area contributed by atoms with Crippen molar-refractivity contribution in [2.45, 2.75) is 25.8 Å². The van der Waals surface area contributed by atoms with Crippen molar-refractivity contribution in [2.24, 2.45) is 0 Å². The van der Waals surface area contributed by atoms with Crippen LogP contribution in [-0.4, -0.2) is 34.8 Å². The van der Waals surface area contributed by atoms with E-state index in [1.165, 1.54) is 22.5 Å². The molecule has 0 radical (unpaired) electrons. The Labute approximate surface area is 172 Å². The summed E-state index contributed by atoms with van der Waals surface area (Å²) in [6.07, 6.45) is 1.99. The van der Waals surface area contributed by atoms with Gasteiger partial charge in [-0.25, -0.2) is 4.98 Å². The van der Waals surface area contributed by atoms with Crippen LogP contribution in [0.3, 0.4) is 0 Å². The standard InChI is InChI=1S/C21H21N3O2S2/c25-19(24-11-9-15-5-1-2-6-16(15)13-24)8-3-10-22-20(26)17-14-28-21(23-17)18-7-4-12-27-18/h1-2,4-7,12,14H,3,8-11,13H2,(H,22,26). The highest BCUT2D eigenvalue weighted by Gasteiger charge is 2.20. The molecule has 1 aromatic carbocycles. The predicted octanol–water partition coefficient (Wildman–Crippen LogP) is 3.97. The topological polar surface area (TPSA) is 62.3 Å². The van der Waals surface area contributed by atoms with Crippen LogP contribution in [0.15, 0.2) is 47.2 Å². The fourth-order valence-corrected chi connectivity index (χ4v) is 4.90. The number of aromatic nitrogens is 1. The molecule has 0 atom stereocenters. The van der Waals surface area contributed by atoms with Crippen LogP contribution in [0, 0.1) is 0 Å². The Morgan fingerprint density at radius 1 is 1.11 bits per heavy atom. The Morgan fingerprint density at radius 2 is 1.96 bits per heavy atom. The summed E-state index contributed by atoms with van der Waals surface area (Å²) in [5.74, 6) is -0.0317. The van der Waals surface area contributed by atoms with Gasteiger partial charge in [-0.2, -0.15) is 0 Å². The van der Waals surface area contributed by atoms with Crippen LogP contribution in [-0.2, 0) is 17.8 Å². The molecule has 0 saturated carbocycles. The zero-order valence-corrected chi connectivity index (χ0v) is 17.0. The lowest BCUT2D eigenvalue weighted by Crippen LogP contribution is -2.36. The summed E-state index contributed by atoms with van der Waals surface area (Å²) in [7, 11) is 0. The second-order valence-corrected chi connectivity index (χ2v) is 8.51. The van der Waals surface area contributed by atoms with Crippen molar-refractivity contribution in [1.29, 1.82) is 0 Å². The van der Waals surface area contributed by atoms with Gasteiger partial charge in [-0.1, -0.05) is 30.3 Å². The van der Waals surface area contributed by atoms with Crippen LogP contribution in [0.2, 0.25) is 0 Å². The molecule has 0 aliphatic carbocycles. The van der Waals surface area contributed by atoms with Crippen molar-refractivity contribution in [2.75, 3.05) is 13.1 Å². The number of hydrogen-bond acceptors (Lipinski definition) is 5. The third-order valence-electron chi connectivity index (χ3n) is 4.81. The molecule has 0 fully saturated rings. The number of thiophene rings is 1. The molecule has 7 heteroatoms. The van der Waals surface area contributed by atoms with E-state index in [1.807, 2.05) is 34.5 Å². The number of thiazole rings is 1. The second kappa shape index (κ2) is 8.67. The Bertz CT molecular complexity index is 966. The lowest BCUT2D eigenvalue weighted by atomic mass is 9.99. The van der Waals surface area contributed by atoms with Gasteiger partial charge in [-0.05, 0) is 35.4 Å². The van der Waals surface area contributed by atoms with Crippen LogP contribution < -0.4 is 5.32 Å².